The SMILES string of the molecule is CCOC(=O)C1=C(COC(=O)Cc2cccc(OC)c2)NC(=O)NC1c1ccc(Cl)cc1. The summed E-state index contributed by atoms with van der Waals surface area (Å²) in [6.45, 7) is 1.53. The van der Waals surface area contributed by atoms with Crippen molar-refractivity contribution in [2.75, 3.05) is 20.3 Å². The number of amides is 2. The van der Waals surface area contributed by atoms with Gasteiger partial charge in [0.05, 0.1) is 37.4 Å². The van der Waals surface area contributed by atoms with Gasteiger partial charge in [-0.2, -0.15) is 0 Å². The molecule has 32 heavy (non-hydrogen) atoms. The van der Waals surface area contributed by atoms with Crippen LogP contribution in [0, 0.1) is 0 Å². The zero-order valence-corrected chi connectivity index (χ0v) is 18.4. The monoisotopic (exact) mass is 458 g/mol. The number of hydrogen-bond donors (Lipinski definition) is 2. The smallest absolute Gasteiger partial charge is 0.338 e. The third-order valence-corrected chi connectivity index (χ3v) is 4.96. The molecule has 2 aromatic rings. The molecule has 2 amide bonds. The Morgan fingerprint density at radius 2 is 1.84 bits per heavy atom. The molecule has 0 fully saturated rings. The van der Waals surface area contributed by atoms with Crippen LogP contribution in [0.5, 0.6) is 5.75 Å². The number of methoxy groups -OCH3 is 1. The van der Waals surface area contributed by atoms with Crippen LogP contribution in [0.3, 0.4) is 0 Å². The zero-order valence-electron chi connectivity index (χ0n) is 17.6. The van der Waals surface area contributed by atoms with Gasteiger partial charge in [-0.3, -0.25) is 4.79 Å². The van der Waals surface area contributed by atoms with E-state index in [1.54, 1.807) is 55.5 Å². The molecule has 0 spiro atoms. The van der Waals surface area contributed by atoms with Gasteiger partial charge in [0.25, 0.3) is 0 Å². The summed E-state index contributed by atoms with van der Waals surface area (Å²) in [5.41, 5.74) is 1.66. The first kappa shape index (κ1) is 23.1. The highest BCUT2D eigenvalue weighted by Crippen LogP contribution is 2.29. The predicted octanol–water partition coefficient (Wildman–Crippen LogP) is 3.31. The number of benzene rings is 2. The Hall–Kier alpha value is -3.52. The van der Waals surface area contributed by atoms with Gasteiger partial charge in [0.1, 0.15) is 12.4 Å². The van der Waals surface area contributed by atoms with Crippen LogP contribution < -0.4 is 15.4 Å². The molecule has 9 heteroatoms. The lowest BCUT2D eigenvalue weighted by Gasteiger charge is -2.29. The Bertz CT molecular complexity index is 1040. The third kappa shape index (κ3) is 5.79. The Kier molecular flexibility index (Phi) is 7.72. The molecule has 2 N–H and O–H groups in total. The summed E-state index contributed by atoms with van der Waals surface area (Å²) in [7, 11) is 1.54. The molecule has 0 radical (unpaired) electrons. The van der Waals surface area contributed by atoms with Gasteiger partial charge in [-0.1, -0.05) is 35.9 Å². The van der Waals surface area contributed by atoms with E-state index < -0.39 is 24.0 Å². The van der Waals surface area contributed by atoms with Gasteiger partial charge in [0, 0.05) is 5.02 Å². The number of esters is 2. The van der Waals surface area contributed by atoms with E-state index >= 15 is 0 Å². The van der Waals surface area contributed by atoms with Gasteiger partial charge in [-0.25, -0.2) is 9.59 Å². The molecule has 2 aromatic carbocycles. The van der Waals surface area contributed by atoms with Crippen molar-refractivity contribution in [1.29, 1.82) is 0 Å². The molecule has 1 atom stereocenters. The van der Waals surface area contributed by atoms with Crippen molar-refractivity contribution in [2.45, 2.75) is 19.4 Å². The molecule has 0 aromatic heterocycles. The second-order valence-electron chi connectivity index (χ2n) is 6.88. The molecule has 0 saturated carbocycles. The summed E-state index contributed by atoms with van der Waals surface area (Å²) < 4.78 is 15.7. The van der Waals surface area contributed by atoms with Gasteiger partial charge < -0.3 is 24.8 Å². The van der Waals surface area contributed by atoms with E-state index in [2.05, 4.69) is 10.6 Å². The van der Waals surface area contributed by atoms with E-state index in [-0.39, 0.29) is 30.9 Å². The van der Waals surface area contributed by atoms with E-state index in [0.29, 0.717) is 21.9 Å². The number of hydrogen-bond acceptors (Lipinski definition) is 6. The third-order valence-electron chi connectivity index (χ3n) is 4.71. The molecule has 0 aliphatic carbocycles. The lowest BCUT2D eigenvalue weighted by Crippen LogP contribution is -2.47. The van der Waals surface area contributed by atoms with Crippen LogP contribution in [0.4, 0.5) is 4.79 Å². The van der Waals surface area contributed by atoms with Crippen LogP contribution in [-0.2, 0) is 25.5 Å². The Morgan fingerprint density at radius 1 is 1.09 bits per heavy atom. The van der Waals surface area contributed by atoms with E-state index in [1.165, 1.54) is 7.11 Å². The first-order valence-corrected chi connectivity index (χ1v) is 10.3. The second kappa shape index (κ2) is 10.7. The van der Waals surface area contributed by atoms with Crippen molar-refractivity contribution in [3.05, 3.63) is 76.0 Å². The number of carbonyl (C=O) groups excluding carboxylic acids is 3. The topological polar surface area (TPSA) is 103 Å². The Balaban J connectivity index is 1.82. The summed E-state index contributed by atoms with van der Waals surface area (Å²) >= 11 is 5.96. The molecule has 3 rings (SSSR count). The molecule has 8 nitrogen and oxygen atoms in total. The van der Waals surface area contributed by atoms with E-state index in [1.807, 2.05) is 0 Å². The minimum atomic E-state index is -0.785. The summed E-state index contributed by atoms with van der Waals surface area (Å²) in [5, 5.41) is 5.78. The highest BCUT2D eigenvalue weighted by Gasteiger charge is 2.34. The minimum Gasteiger partial charge on any atom is -0.497 e. The highest BCUT2D eigenvalue weighted by atomic mass is 35.5. The molecule has 1 heterocycles. The predicted molar refractivity (Wildman–Crippen MR) is 117 cm³/mol. The van der Waals surface area contributed by atoms with Gasteiger partial charge in [0.15, 0.2) is 0 Å². The van der Waals surface area contributed by atoms with Crippen molar-refractivity contribution in [3.8, 4) is 5.75 Å². The molecular weight excluding hydrogens is 436 g/mol. The number of carbonyl (C=O) groups is 3. The van der Waals surface area contributed by atoms with Gasteiger partial charge in [-0.15, -0.1) is 0 Å². The maximum atomic E-state index is 12.7. The summed E-state index contributed by atoms with van der Waals surface area (Å²) in [4.78, 5) is 37.4. The molecule has 1 aliphatic rings. The van der Waals surface area contributed by atoms with Crippen LogP contribution in [0.25, 0.3) is 0 Å². The fraction of sp³-hybridized carbons (Fsp3) is 0.261. The average molecular weight is 459 g/mol. The van der Waals surface area contributed by atoms with E-state index in [0.717, 1.165) is 0 Å². The number of urea groups is 1. The number of ether oxygens (including phenoxy) is 3. The zero-order chi connectivity index (χ0) is 23.1. The average Bonchev–Trinajstić information content (AvgIpc) is 2.78. The van der Waals surface area contributed by atoms with Crippen LogP contribution in [0.1, 0.15) is 24.1 Å². The number of rotatable bonds is 8. The van der Waals surface area contributed by atoms with Gasteiger partial charge >= 0.3 is 18.0 Å². The standard InChI is InChI=1S/C23H23ClN2O6/c1-3-31-22(28)20-18(13-32-19(27)12-14-5-4-6-17(11-14)30-2)25-23(29)26-21(20)15-7-9-16(24)10-8-15/h4-11,21H,3,12-13H2,1-2H3,(H2,25,26,29). The first-order valence-electron chi connectivity index (χ1n) is 9.93. The first-order chi connectivity index (χ1) is 15.4. The van der Waals surface area contributed by atoms with Crippen molar-refractivity contribution < 1.29 is 28.6 Å². The Labute approximate surface area is 190 Å². The van der Waals surface area contributed by atoms with E-state index in [4.69, 9.17) is 25.8 Å². The van der Waals surface area contributed by atoms with E-state index in [9.17, 15) is 14.4 Å². The van der Waals surface area contributed by atoms with Crippen molar-refractivity contribution in [2.24, 2.45) is 0 Å². The molecule has 168 valence electrons. The van der Waals surface area contributed by atoms with Crippen molar-refractivity contribution in [1.82, 2.24) is 10.6 Å². The maximum absolute atomic E-state index is 12.7. The highest BCUT2D eigenvalue weighted by molar-refractivity contribution is 6.30. The molecule has 1 unspecified atom stereocenters. The summed E-state index contributed by atoms with van der Waals surface area (Å²) in [6, 6.07) is 12.4. The number of nitrogens with one attached hydrogen (secondary N) is 2. The largest absolute Gasteiger partial charge is 0.497 e. The fourth-order valence-electron chi connectivity index (χ4n) is 3.24. The van der Waals surface area contributed by atoms with Gasteiger partial charge in [-0.05, 0) is 42.3 Å². The normalized spacial score (nSPS) is 15.5. The lowest BCUT2D eigenvalue weighted by molar-refractivity contribution is -0.143. The number of halogens is 1. The van der Waals surface area contributed by atoms with Crippen LogP contribution in [0.2, 0.25) is 5.02 Å². The van der Waals surface area contributed by atoms with Crippen molar-refractivity contribution in [3.63, 3.8) is 0 Å². The van der Waals surface area contributed by atoms with Gasteiger partial charge in [0.2, 0.25) is 0 Å². The summed E-state index contributed by atoms with van der Waals surface area (Å²) in [6.07, 6.45) is 0.00598. The molecule has 0 saturated heterocycles. The molecular formula is C23H23ClN2O6. The fourth-order valence-corrected chi connectivity index (χ4v) is 3.37. The quantitative estimate of drug-likeness (QED) is 0.588. The lowest BCUT2D eigenvalue weighted by atomic mass is 9.95. The maximum Gasteiger partial charge on any atom is 0.338 e. The summed E-state index contributed by atoms with van der Waals surface area (Å²) in [5.74, 6) is -0.525. The Morgan fingerprint density at radius 3 is 2.53 bits per heavy atom. The van der Waals surface area contributed by atoms with Crippen LogP contribution >= 0.6 is 11.6 Å². The minimum absolute atomic E-state index is 0.00598. The second-order valence-corrected chi connectivity index (χ2v) is 7.32. The van der Waals surface area contributed by atoms with Crippen molar-refractivity contribution >= 4 is 29.6 Å². The molecule has 0 bridgehead atoms. The molecule has 1 aliphatic heterocycles. The van der Waals surface area contributed by atoms with Crippen LogP contribution in [-0.4, -0.2) is 38.3 Å². The van der Waals surface area contributed by atoms with Crippen LogP contribution in [0.15, 0.2) is 59.8 Å².